The lowest BCUT2D eigenvalue weighted by molar-refractivity contribution is 0.0569. The molecule has 1 saturated heterocycles. The van der Waals surface area contributed by atoms with Gasteiger partial charge >= 0.3 is 6.01 Å². The summed E-state index contributed by atoms with van der Waals surface area (Å²) in [5.74, 6) is 0.854. The summed E-state index contributed by atoms with van der Waals surface area (Å²) in [6, 6.07) is 0.359. The smallest absolute Gasteiger partial charge is 0.316 e. The molecule has 4 heterocycles. The number of carbonyl (C=O) groups is 1. The van der Waals surface area contributed by atoms with Crippen molar-refractivity contribution in [1.82, 2.24) is 29.8 Å². The number of likely N-dealkylation sites (tertiary alicyclic amines) is 1. The van der Waals surface area contributed by atoms with E-state index in [0.717, 1.165) is 61.0 Å². The Morgan fingerprint density at radius 3 is 2.60 bits per heavy atom. The highest BCUT2D eigenvalue weighted by Crippen LogP contribution is 2.26. The number of amides is 1. The van der Waals surface area contributed by atoms with Crippen LogP contribution in [0.1, 0.15) is 47.5 Å². The zero-order valence-corrected chi connectivity index (χ0v) is 17.0. The molecule has 1 aliphatic carbocycles. The first-order chi connectivity index (χ1) is 14.7. The Morgan fingerprint density at radius 1 is 1.10 bits per heavy atom. The minimum absolute atomic E-state index is 0.00971. The summed E-state index contributed by atoms with van der Waals surface area (Å²) in [5.41, 5.74) is 3.36. The number of carbonyl (C=O) groups excluding carboxylic acids is 1. The van der Waals surface area contributed by atoms with Crippen LogP contribution >= 0.6 is 0 Å². The average Bonchev–Trinajstić information content (AvgIpc) is 3.41. The van der Waals surface area contributed by atoms with Gasteiger partial charge in [-0.25, -0.2) is 9.97 Å². The number of nitrogens with zero attached hydrogens (tertiary/aromatic N) is 6. The molecule has 3 aromatic rings. The monoisotopic (exact) mass is 408 g/mol. The molecule has 0 unspecified atom stereocenters. The van der Waals surface area contributed by atoms with Crippen LogP contribution in [0.2, 0.25) is 0 Å². The first-order valence-corrected chi connectivity index (χ1v) is 10.4. The van der Waals surface area contributed by atoms with Gasteiger partial charge in [0.25, 0.3) is 5.91 Å². The van der Waals surface area contributed by atoms with Crippen molar-refractivity contribution in [2.75, 3.05) is 13.1 Å². The molecule has 1 amide bonds. The van der Waals surface area contributed by atoms with Gasteiger partial charge in [0.15, 0.2) is 5.69 Å². The fraction of sp³-hybridized carbons (Fsp3) is 0.476. The van der Waals surface area contributed by atoms with Crippen molar-refractivity contribution in [2.24, 2.45) is 7.05 Å². The van der Waals surface area contributed by atoms with E-state index in [4.69, 9.17) is 9.26 Å². The fourth-order valence-corrected chi connectivity index (χ4v) is 4.12. The maximum atomic E-state index is 12.9. The lowest BCUT2D eigenvalue weighted by Gasteiger charge is -2.31. The second kappa shape index (κ2) is 7.89. The lowest BCUT2D eigenvalue weighted by atomic mass is 9.96. The second-order valence-corrected chi connectivity index (χ2v) is 7.91. The number of hydrogen-bond donors (Lipinski definition) is 0. The molecule has 0 aromatic carbocycles. The first kappa shape index (κ1) is 18.8. The van der Waals surface area contributed by atoms with Crippen LogP contribution in [0.25, 0.3) is 11.1 Å². The third-order valence-corrected chi connectivity index (χ3v) is 5.82. The van der Waals surface area contributed by atoms with Crippen LogP contribution < -0.4 is 4.74 Å². The van der Waals surface area contributed by atoms with Crippen LogP contribution in [-0.4, -0.2) is 54.9 Å². The van der Waals surface area contributed by atoms with Crippen molar-refractivity contribution in [2.45, 2.75) is 44.6 Å². The van der Waals surface area contributed by atoms with Gasteiger partial charge in [0.2, 0.25) is 0 Å². The van der Waals surface area contributed by atoms with Crippen molar-refractivity contribution in [3.63, 3.8) is 0 Å². The number of piperidine rings is 1. The third kappa shape index (κ3) is 3.67. The number of fused-ring (bicyclic) bond motifs is 1. The zero-order chi connectivity index (χ0) is 20.5. The van der Waals surface area contributed by atoms with Gasteiger partial charge in [-0.05, 0) is 19.3 Å². The number of rotatable bonds is 4. The van der Waals surface area contributed by atoms with E-state index in [1.54, 1.807) is 23.3 Å². The van der Waals surface area contributed by atoms with E-state index in [-0.39, 0.29) is 12.0 Å². The normalized spacial score (nSPS) is 17.0. The lowest BCUT2D eigenvalue weighted by Crippen LogP contribution is -2.42. The van der Waals surface area contributed by atoms with Gasteiger partial charge < -0.3 is 14.2 Å². The molecule has 0 spiro atoms. The Kier molecular flexibility index (Phi) is 4.94. The molecule has 30 heavy (non-hydrogen) atoms. The van der Waals surface area contributed by atoms with Crippen molar-refractivity contribution >= 4 is 5.91 Å². The van der Waals surface area contributed by atoms with E-state index in [1.165, 1.54) is 0 Å². The molecule has 3 aromatic heterocycles. The van der Waals surface area contributed by atoms with Gasteiger partial charge in [0.05, 0.1) is 6.20 Å². The van der Waals surface area contributed by atoms with Gasteiger partial charge in [-0.2, -0.15) is 5.10 Å². The van der Waals surface area contributed by atoms with Crippen molar-refractivity contribution in [1.29, 1.82) is 0 Å². The predicted octanol–water partition coefficient (Wildman–Crippen LogP) is 2.43. The van der Waals surface area contributed by atoms with E-state index in [9.17, 15) is 4.79 Å². The van der Waals surface area contributed by atoms with Crippen LogP contribution in [0.3, 0.4) is 0 Å². The fourth-order valence-electron chi connectivity index (χ4n) is 4.12. The van der Waals surface area contributed by atoms with Crippen LogP contribution in [0, 0.1) is 0 Å². The van der Waals surface area contributed by atoms with E-state index in [2.05, 4.69) is 20.2 Å². The SMILES string of the molecule is Cn1cc(-c2cnc(OC3CCN(C(=O)c4noc5c4CCCC5)CC3)nc2)cn1. The zero-order valence-electron chi connectivity index (χ0n) is 17.0. The summed E-state index contributed by atoms with van der Waals surface area (Å²) in [5, 5.41) is 8.23. The van der Waals surface area contributed by atoms with E-state index in [1.807, 2.05) is 18.1 Å². The maximum absolute atomic E-state index is 12.9. The average molecular weight is 408 g/mol. The molecule has 1 aliphatic heterocycles. The van der Waals surface area contributed by atoms with Crippen LogP contribution in [0.5, 0.6) is 6.01 Å². The topological polar surface area (TPSA) is 99.2 Å². The van der Waals surface area contributed by atoms with E-state index >= 15 is 0 Å². The highest BCUT2D eigenvalue weighted by Gasteiger charge is 2.30. The molecule has 0 bridgehead atoms. The van der Waals surface area contributed by atoms with E-state index in [0.29, 0.717) is 24.8 Å². The Morgan fingerprint density at radius 2 is 1.87 bits per heavy atom. The minimum atomic E-state index is -0.0302. The molecule has 156 valence electrons. The molecule has 2 aliphatic rings. The van der Waals surface area contributed by atoms with Gasteiger partial charge in [-0.3, -0.25) is 9.48 Å². The summed E-state index contributed by atoms with van der Waals surface area (Å²) in [4.78, 5) is 23.4. The highest BCUT2D eigenvalue weighted by molar-refractivity contribution is 5.94. The molecule has 0 radical (unpaired) electrons. The molecule has 1 fully saturated rings. The highest BCUT2D eigenvalue weighted by atomic mass is 16.5. The van der Waals surface area contributed by atoms with Crippen molar-refractivity contribution < 1.29 is 14.1 Å². The molecule has 5 rings (SSSR count). The summed E-state index contributed by atoms with van der Waals surface area (Å²) < 4.78 is 13.1. The molecular formula is C21H24N6O3. The van der Waals surface area contributed by atoms with Crippen molar-refractivity contribution in [3.8, 4) is 17.1 Å². The van der Waals surface area contributed by atoms with Crippen LogP contribution in [0.4, 0.5) is 0 Å². The Hall–Kier alpha value is -3.23. The molecule has 0 saturated carbocycles. The summed E-state index contributed by atoms with van der Waals surface area (Å²) >= 11 is 0. The molecule has 0 atom stereocenters. The number of ether oxygens (including phenoxy) is 1. The number of aryl methyl sites for hydroxylation is 2. The van der Waals surface area contributed by atoms with Gasteiger partial charge in [0.1, 0.15) is 11.9 Å². The Labute approximate surface area is 174 Å². The number of hydrogen-bond acceptors (Lipinski definition) is 7. The van der Waals surface area contributed by atoms with Crippen LogP contribution in [0.15, 0.2) is 29.3 Å². The van der Waals surface area contributed by atoms with Gasteiger partial charge in [0, 0.05) is 74.7 Å². The third-order valence-electron chi connectivity index (χ3n) is 5.82. The predicted molar refractivity (Wildman–Crippen MR) is 107 cm³/mol. The first-order valence-electron chi connectivity index (χ1n) is 10.4. The summed E-state index contributed by atoms with van der Waals surface area (Å²) in [7, 11) is 1.87. The van der Waals surface area contributed by atoms with Gasteiger partial charge in [-0.1, -0.05) is 5.16 Å². The van der Waals surface area contributed by atoms with E-state index < -0.39 is 0 Å². The summed E-state index contributed by atoms with van der Waals surface area (Å²) in [6.45, 7) is 1.25. The standard InChI is InChI=1S/C21H24N6O3/c1-26-13-15(12-24-26)14-10-22-21(23-11-14)29-16-6-8-27(9-7-16)20(28)19-17-4-2-3-5-18(17)30-25-19/h10-13,16H,2-9H2,1H3. The minimum Gasteiger partial charge on any atom is -0.460 e. The molecular weight excluding hydrogens is 384 g/mol. The van der Waals surface area contributed by atoms with Crippen LogP contribution in [-0.2, 0) is 19.9 Å². The Bertz CT molecular complexity index is 1030. The second-order valence-electron chi connectivity index (χ2n) is 7.91. The van der Waals surface area contributed by atoms with Crippen molar-refractivity contribution in [3.05, 3.63) is 41.8 Å². The number of aromatic nitrogens is 5. The molecule has 9 heteroatoms. The maximum Gasteiger partial charge on any atom is 0.316 e. The van der Waals surface area contributed by atoms with Gasteiger partial charge in [-0.15, -0.1) is 0 Å². The summed E-state index contributed by atoms with van der Waals surface area (Å²) in [6.07, 6.45) is 12.6. The molecule has 9 nitrogen and oxygen atoms in total. The largest absolute Gasteiger partial charge is 0.460 e. The Balaban J connectivity index is 1.17. The molecule has 0 N–H and O–H groups in total. The quantitative estimate of drug-likeness (QED) is 0.654.